The highest BCUT2D eigenvalue weighted by atomic mass is 19.4. The minimum Gasteiger partial charge on any atom is -0.493 e. The number of anilines is 1. The van der Waals surface area contributed by atoms with Crippen LogP contribution in [0.1, 0.15) is 55.7 Å². The first kappa shape index (κ1) is 25.0. The van der Waals surface area contributed by atoms with Crippen molar-refractivity contribution in [1.29, 1.82) is 0 Å². The molecule has 188 valence electrons. The van der Waals surface area contributed by atoms with E-state index in [2.05, 4.69) is 14.9 Å². The average molecular weight is 490 g/mol. The number of carbonyl (C=O) groups is 1. The fourth-order valence-electron chi connectivity index (χ4n) is 4.60. The van der Waals surface area contributed by atoms with Gasteiger partial charge in [0, 0.05) is 25.5 Å². The number of ether oxygens (including phenoxy) is 1. The van der Waals surface area contributed by atoms with Crippen molar-refractivity contribution in [2.45, 2.75) is 51.6 Å². The van der Waals surface area contributed by atoms with Gasteiger partial charge < -0.3 is 14.7 Å². The summed E-state index contributed by atoms with van der Waals surface area (Å²) in [6, 6.07) is 4.15. The van der Waals surface area contributed by atoms with Crippen LogP contribution in [0.4, 0.5) is 19.1 Å². The molecule has 35 heavy (non-hydrogen) atoms. The Kier molecular flexibility index (Phi) is 7.62. The van der Waals surface area contributed by atoms with Gasteiger partial charge in [-0.3, -0.25) is 4.79 Å². The topological polar surface area (TPSA) is 75.6 Å². The summed E-state index contributed by atoms with van der Waals surface area (Å²) in [5.41, 5.74) is 1.50. The number of halogens is 3. The van der Waals surface area contributed by atoms with Crippen molar-refractivity contribution in [3.05, 3.63) is 53.4 Å². The number of hydrogen-bond acceptors (Lipinski definition) is 5. The Hall–Kier alpha value is -3.10. The third-order valence-electron chi connectivity index (χ3n) is 6.89. The Morgan fingerprint density at radius 3 is 2.46 bits per heavy atom. The molecular weight excluding hydrogens is 459 g/mol. The molecule has 4 rings (SSSR count). The second-order valence-electron chi connectivity index (χ2n) is 9.23. The fraction of sp³-hybridized carbons (Fsp3) is 0.500. The molecular formula is C26H30F3N3O3. The van der Waals surface area contributed by atoms with Crippen LogP contribution in [-0.4, -0.2) is 40.7 Å². The van der Waals surface area contributed by atoms with E-state index in [1.54, 1.807) is 12.1 Å². The van der Waals surface area contributed by atoms with Crippen molar-refractivity contribution in [2.24, 2.45) is 11.8 Å². The molecule has 6 nitrogen and oxygen atoms in total. The van der Waals surface area contributed by atoms with Crippen molar-refractivity contribution < 1.29 is 27.8 Å². The predicted octanol–water partition coefficient (Wildman–Crippen LogP) is 5.62. The lowest BCUT2D eigenvalue weighted by atomic mass is 9.86. The molecule has 2 aliphatic rings. The zero-order chi connectivity index (χ0) is 25.0. The van der Waals surface area contributed by atoms with Gasteiger partial charge in [0.15, 0.2) is 0 Å². The summed E-state index contributed by atoms with van der Waals surface area (Å²) in [5, 5.41) is 9.14. The number of nitrogens with zero attached hydrogens (tertiary/aromatic N) is 3. The lowest BCUT2D eigenvalue weighted by molar-refractivity contribution is -0.142. The van der Waals surface area contributed by atoms with Crippen LogP contribution < -0.4 is 9.64 Å². The van der Waals surface area contributed by atoms with Crippen LogP contribution in [0.5, 0.6) is 5.75 Å². The molecule has 1 N–H and O–H groups in total. The van der Waals surface area contributed by atoms with Crippen molar-refractivity contribution in [3.8, 4) is 5.75 Å². The molecule has 0 radical (unpaired) electrons. The number of aliphatic carboxylic acids is 1. The van der Waals surface area contributed by atoms with E-state index in [-0.39, 0.29) is 18.3 Å². The zero-order valence-corrected chi connectivity index (χ0v) is 19.7. The molecule has 1 unspecified atom stereocenters. The number of benzene rings is 1. The van der Waals surface area contributed by atoms with Gasteiger partial charge in [0.25, 0.3) is 0 Å². The van der Waals surface area contributed by atoms with Crippen LogP contribution >= 0.6 is 0 Å². The van der Waals surface area contributed by atoms with Gasteiger partial charge in [-0.25, -0.2) is 9.97 Å². The number of aromatic nitrogens is 2. The number of carboxylic acid groups (broad SMARTS) is 1. The van der Waals surface area contributed by atoms with Gasteiger partial charge in [-0.05, 0) is 73.3 Å². The molecule has 2 aromatic rings. The minimum atomic E-state index is -4.55. The van der Waals surface area contributed by atoms with Crippen LogP contribution in [0, 0.1) is 11.8 Å². The third-order valence-corrected chi connectivity index (χ3v) is 6.89. The molecule has 1 aliphatic carbocycles. The molecule has 0 spiro atoms. The summed E-state index contributed by atoms with van der Waals surface area (Å²) in [6.45, 7) is 3.73. The summed E-state index contributed by atoms with van der Waals surface area (Å²) in [7, 11) is 0. The van der Waals surface area contributed by atoms with Gasteiger partial charge in [0.2, 0.25) is 5.95 Å². The molecule has 1 fully saturated rings. The molecule has 1 aromatic heterocycles. The Bertz CT molecular complexity index is 1060. The lowest BCUT2D eigenvalue weighted by Gasteiger charge is -2.32. The van der Waals surface area contributed by atoms with Crippen molar-refractivity contribution in [3.63, 3.8) is 0 Å². The van der Waals surface area contributed by atoms with E-state index >= 15 is 0 Å². The first-order valence-electron chi connectivity index (χ1n) is 12.1. The van der Waals surface area contributed by atoms with E-state index in [9.17, 15) is 18.0 Å². The number of piperidine rings is 1. The highest BCUT2D eigenvalue weighted by Gasteiger charge is 2.35. The number of rotatable bonds is 7. The highest BCUT2D eigenvalue weighted by Crippen LogP contribution is 2.40. The number of carboxylic acids is 1. The normalized spacial score (nSPS) is 19.4. The second kappa shape index (κ2) is 10.7. The molecule has 1 saturated heterocycles. The van der Waals surface area contributed by atoms with Crippen molar-refractivity contribution in [2.75, 3.05) is 24.6 Å². The maximum absolute atomic E-state index is 13.8. The van der Waals surface area contributed by atoms with Gasteiger partial charge in [0.05, 0.1) is 18.1 Å². The van der Waals surface area contributed by atoms with Gasteiger partial charge in [-0.1, -0.05) is 19.1 Å². The standard InChI is InChI=1S/C26H30F3N3O3/c1-2-17-14-30-25(31-15-17)32-11-9-18(10-12-32)16-35-23-8-7-21(13-22(23)26(27,28)29)19-3-5-20(6-4-19)24(33)34/h3,7-8,13-15,18,20H,2,4-6,9-12,16H2,1H3,(H,33,34). The van der Waals surface area contributed by atoms with Crippen LogP contribution in [0.25, 0.3) is 5.57 Å². The number of alkyl halides is 3. The van der Waals surface area contributed by atoms with Crippen LogP contribution in [0.3, 0.4) is 0 Å². The van der Waals surface area contributed by atoms with E-state index in [4.69, 9.17) is 9.84 Å². The summed E-state index contributed by atoms with van der Waals surface area (Å²) in [5.74, 6) is -0.675. The summed E-state index contributed by atoms with van der Waals surface area (Å²) >= 11 is 0. The van der Waals surface area contributed by atoms with Crippen LogP contribution in [-0.2, 0) is 17.4 Å². The largest absolute Gasteiger partial charge is 0.493 e. The van der Waals surface area contributed by atoms with E-state index in [1.807, 2.05) is 19.3 Å². The van der Waals surface area contributed by atoms with Gasteiger partial charge in [-0.2, -0.15) is 13.2 Å². The smallest absolute Gasteiger partial charge is 0.419 e. The third kappa shape index (κ3) is 6.13. The molecule has 0 bridgehead atoms. The van der Waals surface area contributed by atoms with Crippen molar-refractivity contribution >= 4 is 17.5 Å². The van der Waals surface area contributed by atoms with E-state index in [0.717, 1.165) is 49.6 Å². The molecule has 9 heteroatoms. The molecule has 1 aromatic carbocycles. The first-order valence-corrected chi connectivity index (χ1v) is 12.1. The maximum Gasteiger partial charge on any atom is 0.419 e. The molecule has 2 heterocycles. The molecule has 1 aliphatic heterocycles. The minimum absolute atomic E-state index is 0.149. The Labute approximate surface area is 202 Å². The van der Waals surface area contributed by atoms with Crippen LogP contribution in [0.2, 0.25) is 0 Å². The fourth-order valence-corrected chi connectivity index (χ4v) is 4.60. The summed E-state index contributed by atoms with van der Waals surface area (Å²) in [4.78, 5) is 22.1. The molecule has 1 atom stereocenters. The highest BCUT2D eigenvalue weighted by molar-refractivity contribution is 5.74. The number of hydrogen-bond donors (Lipinski definition) is 1. The van der Waals surface area contributed by atoms with E-state index in [1.165, 1.54) is 6.07 Å². The van der Waals surface area contributed by atoms with E-state index in [0.29, 0.717) is 30.8 Å². The SMILES string of the molecule is CCc1cnc(N2CCC(COc3ccc(C4=CCC(C(=O)O)CC4)cc3C(F)(F)F)CC2)nc1. The van der Waals surface area contributed by atoms with E-state index < -0.39 is 23.6 Å². The van der Waals surface area contributed by atoms with Crippen LogP contribution in [0.15, 0.2) is 36.7 Å². The average Bonchev–Trinajstić information content (AvgIpc) is 2.87. The van der Waals surface area contributed by atoms with Gasteiger partial charge >= 0.3 is 12.1 Å². The van der Waals surface area contributed by atoms with Gasteiger partial charge in [0.1, 0.15) is 5.75 Å². The molecule has 0 saturated carbocycles. The number of allylic oxidation sites excluding steroid dienone is 2. The Morgan fingerprint density at radius 2 is 1.89 bits per heavy atom. The monoisotopic (exact) mass is 489 g/mol. The second-order valence-corrected chi connectivity index (χ2v) is 9.23. The Morgan fingerprint density at radius 1 is 1.17 bits per heavy atom. The van der Waals surface area contributed by atoms with Gasteiger partial charge in [-0.15, -0.1) is 0 Å². The molecule has 0 amide bonds. The number of aryl methyl sites for hydroxylation is 1. The Balaban J connectivity index is 1.38. The summed E-state index contributed by atoms with van der Waals surface area (Å²) in [6.07, 6.45) is 4.50. The summed E-state index contributed by atoms with van der Waals surface area (Å²) < 4.78 is 47.2. The lowest BCUT2D eigenvalue weighted by Crippen LogP contribution is -2.36. The quantitative estimate of drug-likeness (QED) is 0.544. The first-order chi connectivity index (χ1) is 16.7. The van der Waals surface area contributed by atoms with Crippen molar-refractivity contribution in [1.82, 2.24) is 9.97 Å². The maximum atomic E-state index is 13.8. The predicted molar refractivity (Wildman–Crippen MR) is 126 cm³/mol. The zero-order valence-electron chi connectivity index (χ0n) is 19.7.